The number of halogens is 1. The van der Waals surface area contributed by atoms with Crippen LogP contribution in [-0.4, -0.2) is 11.1 Å². The number of anilines is 2. The van der Waals surface area contributed by atoms with Crippen molar-refractivity contribution in [3.8, 4) is 5.75 Å². The Hall–Kier alpha value is -2.26. The van der Waals surface area contributed by atoms with Gasteiger partial charge >= 0.3 is 0 Å². The zero-order chi connectivity index (χ0) is 17.3. The Morgan fingerprint density at radius 2 is 1.83 bits per heavy atom. The Bertz CT molecular complexity index is 890. The number of rotatable bonds is 4. The van der Waals surface area contributed by atoms with Crippen LogP contribution in [0.15, 0.2) is 42.5 Å². The number of nitrogens with one attached hydrogen (secondary N) is 1. The first-order valence-corrected chi connectivity index (χ1v) is 8.41. The van der Waals surface area contributed by atoms with Crippen molar-refractivity contribution in [2.45, 2.75) is 33.8 Å². The van der Waals surface area contributed by atoms with E-state index in [2.05, 4.69) is 10.3 Å². The van der Waals surface area contributed by atoms with Crippen LogP contribution in [0.1, 0.15) is 25.1 Å². The van der Waals surface area contributed by atoms with E-state index in [0.717, 1.165) is 44.3 Å². The van der Waals surface area contributed by atoms with Gasteiger partial charge in [0.05, 0.1) is 11.6 Å². The molecule has 0 saturated heterocycles. The molecule has 0 aliphatic carbocycles. The fraction of sp³-hybridized carbons (Fsp3) is 0.250. The van der Waals surface area contributed by atoms with Crippen molar-refractivity contribution in [2.75, 3.05) is 5.32 Å². The third-order valence-electron chi connectivity index (χ3n) is 3.72. The van der Waals surface area contributed by atoms with E-state index in [0.29, 0.717) is 0 Å². The molecule has 24 heavy (non-hydrogen) atoms. The number of nitrogens with zero attached hydrogens (tertiary/aromatic N) is 1. The lowest BCUT2D eigenvalue weighted by atomic mass is 10.1. The first-order valence-electron chi connectivity index (χ1n) is 8.03. The number of ether oxygens (including phenoxy) is 1. The lowest BCUT2D eigenvalue weighted by Gasteiger charge is -2.14. The molecule has 3 rings (SSSR count). The van der Waals surface area contributed by atoms with Gasteiger partial charge in [0.1, 0.15) is 5.75 Å². The summed E-state index contributed by atoms with van der Waals surface area (Å²) in [5.41, 5.74) is 4.96. The highest BCUT2D eigenvalue weighted by Crippen LogP contribution is 2.31. The summed E-state index contributed by atoms with van der Waals surface area (Å²) in [5, 5.41) is 5.28. The number of fused-ring (bicyclic) bond motifs is 1. The van der Waals surface area contributed by atoms with Gasteiger partial charge in [-0.2, -0.15) is 0 Å². The molecule has 0 radical (unpaired) electrons. The topological polar surface area (TPSA) is 34.1 Å². The van der Waals surface area contributed by atoms with Gasteiger partial charge in [-0.1, -0.05) is 11.6 Å². The maximum Gasteiger partial charge on any atom is 0.120 e. The smallest absolute Gasteiger partial charge is 0.120 e. The Kier molecular flexibility index (Phi) is 4.63. The van der Waals surface area contributed by atoms with Gasteiger partial charge in [-0.25, -0.2) is 0 Å². The highest BCUT2D eigenvalue weighted by atomic mass is 35.5. The highest BCUT2D eigenvalue weighted by molar-refractivity contribution is 6.31. The lowest BCUT2D eigenvalue weighted by Crippen LogP contribution is -2.05. The van der Waals surface area contributed by atoms with Crippen LogP contribution in [0.3, 0.4) is 0 Å². The van der Waals surface area contributed by atoms with Gasteiger partial charge in [-0.15, -0.1) is 0 Å². The molecule has 2 aromatic carbocycles. The minimum absolute atomic E-state index is 0.135. The standard InChI is InChI=1S/C20H21ClN2O/c1-12(2)24-16-6-8-19-17(11-16)20(10-14(4)22-19)23-15-5-7-18(21)13(3)9-15/h5-12H,1-4H3,(H,22,23). The second-order valence-electron chi connectivity index (χ2n) is 6.25. The molecular formula is C20H21ClN2O. The van der Waals surface area contributed by atoms with Gasteiger partial charge in [0, 0.05) is 27.5 Å². The molecule has 0 aliphatic rings. The molecule has 0 spiro atoms. The fourth-order valence-electron chi connectivity index (χ4n) is 2.66. The van der Waals surface area contributed by atoms with Crippen molar-refractivity contribution in [1.29, 1.82) is 0 Å². The number of aromatic nitrogens is 1. The van der Waals surface area contributed by atoms with E-state index in [1.54, 1.807) is 0 Å². The monoisotopic (exact) mass is 340 g/mol. The summed E-state index contributed by atoms with van der Waals surface area (Å²) in [5.74, 6) is 0.846. The summed E-state index contributed by atoms with van der Waals surface area (Å²) in [6.45, 7) is 8.04. The molecule has 124 valence electrons. The first-order chi connectivity index (χ1) is 11.4. The van der Waals surface area contributed by atoms with Crippen LogP contribution in [0, 0.1) is 13.8 Å². The maximum absolute atomic E-state index is 6.12. The normalized spacial score (nSPS) is 11.1. The zero-order valence-electron chi connectivity index (χ0n) is 14.4. The van der Waals surface area contributed by atoms with E-state index in [1.165, 1.54) is 0 Å². The average Bonchev–Trinajstić information content (AvgIpc) is 2.51. The van der Waals surface area contributed by atoms with Gasteiger partial charge < -0.3 is 10.1 Å². The van der Waals surface area contributed by atoms with Crippen LogP contribution in [0.2, 0.25) is 5.02 Å². The summed E-state index contributed by atoms with van der Waals surface area (Å²) in [6.07, 6.45) is 0.135. The minimum Gasteiger partial charge on any atom is -0.491 e. The SMILES string of the molecule is Cc1cc(Nc2ccc(Cl)c(C)c2)c2cc(OC(C)C)ccc2n1. The molecule has 0 saturated carbocycles. The molecule has 0 bridgehead atoms. The molecule has 3 aromatic rings. The Labute approximate surface area is 147 Å². The van der Waals surface area contributed by atoms with E-state index >= 15 is 0 Å². The number of aryl methyl sites for hydroxylation is 2. The van der Waals surface area contributed by atoms with Crippen LogP contribution in [-0.2, 0) is 0 Å². The number of hydrogen-bond acceptors (Lipinski definition) is 3. The first kappa shape index (κ1) is 16.6. The molecule has 0 unspecified atom stereocenters. The second-order valence-corrected chi connectivity index (χ2v) is 6.65. The van der Waals surface area contributed by atoms with Crippen molar-refractivity contribution in [3.63, 3.8) is 0 Å². The predicted octanol–water partition coefficient (Wildman–Crippen LogP) is 6.04. The molecule has 1 aromatic heterocycles. The summed E-state index contributed by atoms with van der Waals surface area (Å²) in [6, 6.07) is 14.0. The average molecular weight is 341 g/mol. The second kappa shape index (κ2) is 6.70. The minimum atomic E-state index is 0.135. The van der Waals surface area contributed by atoms with Crippen LogP contribution in [0.25, 0.3) is 10.9 Å². The van der Waals surface area contributed by atoms with Crippen LogP contribution in [0.5, 0.6) is 5.75 Å². The third kappa shape index (κ3) is 3.62. The summed E-state index contributed by atoms with van der Waals surface area (Å²) in [7, 11) is 0. The Morgan fingerprint density at radius 3 is 2.54 bits per heavy atom. The van der Waals surface area contributed by atoms with Crippen LogP contribution in [0.4, 0.5) is 11.4 Å². The molecule has 1 N–H and O–H groups in total. The van der Waals surface area contributed by atoms with Crippen molar-refractivity contribution in [1.82, 2.24) is 4.98 Å². The number of benzene rings is 2. The highest BCUT2D eigenvalue weighted by Gasteiger charge is 2.08. The molecule has 0 aliphatic heterocycles. The molecular weight excluding hydrogens is 320 g/mol. The largest absolute Gasteiger partial charge is 0.491 e. The van der Waals surface area contributed by atoms with E-state index in [-0.39, 0.29) is 6.10 Å². The number of hydrogen-bond donors (Lipinski definition) is 1. The fourth-order valence-corrected chi connectivity index (χ4v) is 2.78. The summed E-state index contributed by atoms with van der Waals surface area (Å²) in [4.78, 5) is 4.61. The van der Waals surface area contributed by atoms with Crippen LogP contribution >= 0.6 is 11.6 Å². The maximum atomic E-state index is 6.12. The molecule has 4 heteroatoms. The van der Waals surface area contributed by atoms with Crippen molar-refractivity contribution < 1.29 is 4.74 Å². The van der Waals surface area contributed by atoms with E-state index in [4.69, 9.17) is 16.3 Å². The van der Waals surface area contributed by atoms with E-state index < -0.39 is 0 Å². The Balaban J connectivity index is 2.05. The Morgan fingerprint density at radius 1 is 1.04 bits per heavy atom. The molecule has 3 nitrogen and oxygen atoms in total. The quantitative estimate of drug-likeness (QED) is 0.629. The zero-order valence-corrected chi connectivity index (χ0v) is 15.1. The van der Waals surface area contributed by atoms with Crippen molar-refractivity contribution in [2.24, 2.45) is 0 Å². The van der Waals surface area contributed by atoms with Crippen molar-refractivity contribution >= 4 is 33.9 Å². The summed E-state index contributed by atoms with van der Waals surface area (Å²) >= 11 is 6.12. The predicted molar refractivity (Wildman–Crippen MR) is 102 cm³/mol. The summed E-state index contributed by atoms with van der Waals surface area (Å²) < 4.78 is 5.82. The third-order valence-corrected chi connectivity index (χ3v) is 4.14. The van der Waals surface area contributed by atoms with E-state index in [1.807, 2.05) is 70.2 Å². The lowest BCUT2D eigenvalue weighted by molar-refractivity contribution is 0.243. The molecule has 0 atom stereocenters. The van der Waals surface area contributed by atoms with Crippen molar-refractivity contribution in [3.05, 3.63) is 58.7 Å². The van der Waals surface area contributed by atoms with Gasteiger partial charge in [0.15, 0.2) is 0 Å². The van der Waals surface area contributed by atoms with Gasteiger partial charge in [-0.05, 0) is 75.7 Å². The van der Waals surface area contributed by atoms with Gasteiger partial charge in [-0.3, -0.25) is 4.98 Å². The number of pyridine rings is 1. The molecule has 0 fully saturated rings. The molecule has 1 heterocycles. The van der Waals surface area contributed by atoms with E-state index in [9.17, 15) is 0 Å². The van der Waals surface area contributed by atoms with Crippen LogP contribution < -0.4 is 10.1 Å². The van der Waals surface area contributed by atoms with Gasteiger partial charge in [0.25, 0.3) is 0 Å². The van der Waals surface area contributed by atoms with Gasteiger partial charge in [0.2, 0.25) is 0 Å². The molecule has 0 amide bonds.